The number of nitrogens with zero attached hydrogens (tertiary/aromatic N) is 1. The summed E-state index contributed by atoms with van der Waals surface area (Å²) in [6, 6.07) is 10.8. The number of benzene rings is 1. The zero-order chi connectivity index (χ0) is 10.4. The van der Waals surface area contributed by atoms with Gasteiger partial charge < -0.3 is 0 Å². The fourth-order valence-corrected chi connectivity index (χ4v) is 2.73. The van der Waals surface area contributed by atoms with Crippen molar-refractivity contribution in [2.45, 2.75) is 13.8 Å². The Hall–Kier alpha value is -1.41. The Morgan fingerprint density at radius 2 is 1.87 bits per heavy atom. The van der Waals surface area contributed by atoms with Crippen LogP contribution in [0, 0.1) is 13.8 Å². The van der Waals surface area contributed by atoms with Crippen LogP contribution in [0.5, 0.6) is 0 Å². The third-order valence-corrected chi connectivity index (χ3v) is 3.54. The second-order valence-electron chi connectivity index (χ2n) is 3.94. The Balaban J connectivity index is 2.46. The molecule has 0 spiro atoms. The summed E-state index contributed by atoms with van der Waals surface area (Å²) in [6.45, 7) is 4.23. The van der Waals surface area contributed by atoms with Crippen molar-refractivity contribution < 1.29 is 0 Å². The van der Waals surface area contributed by atoms with Gasteiger partial charge in [-0.2, -0.15) is 0 Å². The van der Waals surface area contributed by atoms with E-state index in [1.165, 1.54) is 21.2 Å². The van der Waals surface area contributed by atoms with E-state index in [0.29, 0.717) is 0 Å². The monoisotopic (exact) mass is 213 g/mol. The van der Waals surface area contributed by atoms with Gasteiger partial charge in [0.15, 0.2) is 0 Å². The molecule has 1 aromatic carbocycles. The van der Waals surface area contributed by atoms with Crippen molar-refractivity contribution in [3.63, 3.8) is 0 Å². The Morgan fingerprint density at radius 3 is 2.73 bits per heavy atom. The maximum Gasteiger partial charge on any atom is 0.124 e. The highest BCUT2D eigenvalue weighted by molar-refractivity contribution is 7.18. The molecule has 15 heavy (non-hydrogen) atoms. The fourth-order valence-electron chi connectivity index (χ4n) is 1.86. The lowest BCUT2D eigenvalue weighted by Crippen LogP contribution is -1.79. The Bertz CT molecular complexity index is 652. The topological polar surface area (TPSA) is 12.9 Å². The zero-order valence-electron chi connectivity index (χ0n) is 8.74. The number of pyridine rings is 1. The highest BCUT2D eigenvalue weighted by atomic mass is 32.1. The summed E-state index contributed by atoms with van der Waals surface area (Å²) in [5.74, 6) is 0. The first-order chi connectivity index (χ1) is 7.22. The molecule has 0 saturated heterocycles. The maximum atomic E-state index is 4.68. The predicted molar refractivity (Wildman–Crippen MR) is 66.6 cm³/mol. The van der Waals surface area contributed by atoms with Crippen molar-refractivity contribution in [1.82, 2.24) is 4.98 Å². The molecule has 3 aromatic rings. The third-order valence-electron chi connectivity index (χ3n) is 2.58. The molecule has 0 unspecified atom stereocenters. The molecule has 74 valence electrons. The van der Waals surface area contributed by atoms with Gasteiger partial charge in [0.1, 0.15) is 4.83 Å². The van der Waals surface area contributed by atoms with Crippen molar-refractivity contribution in [1.29, 1.82) is 0 Å². The molecule has 2 aromatic heterocycles. The van der Waals surface area contributed by atoms with Gasteiger partial charge in [0, 0.05) is 15.6 Å². The van der Waals surface area contributed by atoms with Gasteiger partial charge in [0.25, 0.3) is 0 Å². The number of aromatic nitrogens is 1. The smallest absolute Gasteiger partial charge is 0.124 e. The first-order valence-electron chi connectivity index (χ1n) is 5.00. The molecule has 1 nitrogen and oxygen atoms in total. The summed E-state index contributed by atoms with van der Waals surface area (Å²) < 4.78 is 0. The number of hydrogen-bond donors (Lipinski definition) is 0. The molecule has 0 bridgehead atoms. The van der Waals surface area contributed by atoms with Crippen molar-refractivity contribution in [2.24, 2.45) is 0 Å². The van der Waals surface area contributed by atoms with Crippen molar-refractivity contribution in [3.05, 3.63) is 40.8 Å². The number of fused-ring (bicyclic) bond motifs is 2. The van der Waals surface area contributed by atoms with Crippen LogP contribution in [-0.2, 0) is 0 Å². The molecular weight excluding hydrogens is 202 g/mol. The third kappa shape index (κ3) is 1.41. The fraction of sp³-hybridized carbons (Fsp3) is 0.154. The molecular formula is C13H11NS. The second-order valence-corrected chi connectivity index (χ2v) is 5.17. The van der Waals surface area contributed by atoms with Gasteiger partial charge in [-0.05, 0) is 37.6 Å². The SMILES string of the molecule is Cc1ccc2cc3cc(C)sc3nc2c1. The van der Waals surface area contributed by atoms with E-state index in [0.717, 1.165) is 10.3 Å². The van der Waals surface area contributed by atoms with E-state index in [-0.39, 0.29) is 0 Å². The lowest BCUT2D eigenvalue weighted by molar-refractivity contribution is 1.46. The highest BCUT2D eigenvalue weighted by Crippen LogP contribution is 2.27. The van der Waals surface area contributed by atoms with Crippen LogP contribution in [0.1, 0.15) is 10.4 Å². The van der Waals surface area contributed by atoms with Crippen LogP contribution in [0.15, 0.2) is 30.3 Å². The van der Waals surface area contributed by atoms with Gasteiger partial charge in [-0.15, -0.1) is 11.3 Å². The molecule has 0 fully saturated rings. The van der Waals surface area contributed by atoms with E-state index >= 15 is 0 Å². The highest BCUT2D eigenvalue weighted by Gasteiger charge is 2.02. The van der Waals surface area contributed by atoms with Crippen molar-refractivity contribution in [2.75, 3.05) is 0 Å². The van der Waals surface area contributed by atoms with E-state index in [1.807, 2.05) is 0 Å². The lowest BCUT2D eigenvalue weighted by atomic mass is 10.1. The van der Waals surface area contributed by atoms with Crippen LogP contribution >= 0.6 is 11.3 Å². The molecule has 0 aliphatic rings. The van der Waals surface area contributed by atoms with Gasteiger partial charge in [0.05, 0.1) is 5.52 Å². The molecule has 0 saturated carbocycles. The maximum absolute atomic E-state index is 4.68. The second kappa shape index (κ2) is 3.04. The minimum absolute atomic E-state index is 1.10. The average Bonchev–Trinajstić information content (AvgIpc) is 2.53. The van der Waals surface area contributed by atoms with Crippen LogP contribution in [0.3, 0.4) is 0 Å². The summed E-state index contributed by atoms with van der Waals surface area (Å²) in [5.41, 5.74) is 2.37. The van der Waals surface area contributed by atoms with Crippen molar-refractivity contribution in [3.8, 4) is 0 Å². The van der Waals surface area contributed by atoms with E-state index in [2.05, 4.69) is 49.2 Å². The van der Waals surface area contributed by atoms with Crippen LogP contribution in [0.2, 0.25) is 0 Å². The number of rotatable bonds is 0. The Kier molecular flexibility index (Phi) is 1.80. The summed E-state index contributed by atoms with van der Waals surface area (Å²) in [4.78, 5) is 7.15. The quantitative estimate of drug-likeness (QED) is 0.548. The van der Waals surface area contributed by atoms with Gasteiger partial charge >= 0.3 is 0 Å². The predicted octanol–water partition coefficient (Wildman–Crippen LogP) is 4.07. The van der Waals surface area contributed by atoms with Gasteiger partial charge in [0.2, 0.25) is 0 Å². The van der Waals surface area contributed by atoms with Crippen LogP contribution in [-0.4, -0.2) is 4.98 Å². The summed E-state index contributed by atoms with van der Waals surface area (Å²) >= 11 is 1.76. The van der Waals surface area contributed by atoms with Gasteiger partial charge in [-0.1, -0.05) is 12.1 Å². The van der Waals surface area contributed by atoms with E-state index in [1.54, 1.807) is 11.3 Å². The Labute approximate surface area is 92.4 Å². The lowest BCUT2D eigenvalue weighted by Gasteiger charge is -1.98. The molecule has 2 heteroatoms. The summed E-state index contributed by atoms with van der Waals surface area (Å²) in [7, 11) is 0. The molecule has 0 radical (unpaired) electrons. The number of hydrogen-bond acceptors (Lipinski definition) is 2. The van der Waals surface area contributed by atoms with E-state index in [4.69, 9.17) is 0 Å². The summed E-state index contributed by atoms with van der Waals surface area (Å²) in [6.07, 6.45) is 0. The molecule has 0 atom stereocenters. The molecule has 0 N–H and O–H groups in total. The number of aryl methyl sites for hydroxylation is 2. The first-order valence-corrected chi connectivity index (χ1v) is 5.81. The largest absolute Gasteiger partial charge is 0.237 e. The molecule has 2 heterocycles. The minimum atomic E-state index is 1.10. The average molecular weight is 213 g/mol. The molecule has 3 rings (SSSR count). The van der Waals surface area contributed by atoms with Gasteiger partial charge in [-0.25, -0.2) is 4.98 Å². The van der Waals surface area contributed by atoms with E-state index < -0.39 is 0 Å². The Morgan fingerprint density at radius 1 is 1.00 bits per heavy atom. The van der Waals surface area contributed by atoms with E-state index in [9.17, 15) is 0 Å². The molecule has 0 aliphatic heterocycles. The van der Waals surface area contributed by atoms with Gasteiger partial charge in [-0.3, -0.25) is 0 Å². The van der Waals surface area contributed by atoms with Crippen LogP contribution < -0.4 is 0 Å². The number of thiophene rings is 1. The van der Waals surface area contributed by atoms with Crippen LogP contribution in [0.4, 0.5) is 0 Å². The molecule has 0 aliphatic carbocycles. The van der Waals surface area contributed by atoms with Crippen molar-refractivity contribution >= 4 is 32.5 Å². The zero-order valence-corrected chi connectivity index (χ0v) is 9.56. The van der Waals surface area contributed by atoms with Crippen LogP contribution in [0.25, 0.3) is 21.1 Å². The minimum Gasteiger partial charge on any atom is -0.237 e. The summed E-state index contributed by atoms with van der Waals surface area (Å²) in [5, 5.41) is 2.49. The standard InChI is InChI=1S/C13H11NS/c1-8-3-4-10-7-11-6-9(2)15-13(11)14-12(10)5-8/h3-7H,1-2H3. The first kappa shape index (κ1) is 8.86. The normalized spacial score (nSPS) is 11.3. The molecule has 0 amide bonds.